The second kappa shape index (κ2) is 6.12. The molecule has 1 unspecified atom stereocenters. The molecular formula is C15H28N2O2. The van der Waals surface area contributed by atoms with E-state index in [4.69, 9.17) is 4.74 Å². The van der Waals surface area contributed by atoms with Gasteiger partial charge < -0.3 is 15.4 Å². The Morgan fingerprint density at radius 1 is 1.26 bits per heavy atom. The highest BCUT2D eigenvalue weighted by Crippen LogP contribution is 2.33. The largest absolute Gasteiger partial charge is 0.444 e. The highest BCUT2D eigenvalue weighted by Gasteiger charge is 2.32. The van der Waals surface area contributed by atoms with Crippen molar-refractivity contribution in [3.8, 4) is 0 Å². The number of rotatable bonds is 6. The summed E-state index contributed by atoms with van der Waals surface area (Å²) in [5.41, 5.74) is -0.418. The molecule has 0 aromatic carbocycles. The van der Waals surface area contributed by atoms with Gasteiger partial charge in [-0.15, -0.1) is 0 Å². The van der Waals surface area contributed by atoms with Gasteiger partial charge in [0.25, 0.3) is 0 Å². The van der Waals surface area contributed by atoms with Gasteiger partial charge in [0.05, 0.1) is 0 Å². The molecule has 0 saturated heterocycles. The van der Waals surface area contributed by atoms with Crippen LogP contribution in [-0.2, 0) is 4.74 Å². The summed E-state index contributed by atoms with van der Waals surface area (Å²) in [4.78, 5) is 11.7. The average Bonchev–Trinajstić information content (AvgIpc) is 3.01. The van der Waals surface area contributed by atoms with Gasteiger partial charge in [-0.3, -0.25) is 0 Å². The molecule has 2 fully saturated rings. The SMILES string of the molecule is CC(C)(C)OC(=O)NCC(NCC1CCC1)C1CC1. The van der Waals surface area contributed by atoms with E-state index in [9.17, 15) is 4.79 Å². The summed E-state index contributed by atoms with van der Waals surface area (Å²) in [7, 11) is 0. The van der Waals surface area contributed by atoms with Crippen LogP contribution in [0.4, 0.5) is 4.79 Å². The van der Waals surface area contributed by atoms with E-state index >= 15 is 0 Å². The fourth-order valence-corrected chi connectivity index (χ4v) is 2.43. The van der Waals surface area contributed by atoms with E-state index in [-0.39, 0.29) is 6.09 Å². The molecule has 0 aliphatic heterocycles. The van der Waals surface area contributed by atoms with E-state index in [1.54, 1.807) is 0 Å². The number of amides is 1. The number of alkyl carbamates (subject to hydrolysis) is 1. The predicted molar refractivity (Wildman–Crippen MR) is 76.1 cm³/mol. The second-order valence-electron chi connectivity index (χ2n) is 7.03. The lowest BCUT2D eigenvalue weighted by atomic mass is 9.85. The first kappa shape index (κ1) is 14.6. The van der Waals surface area contributed by atoms with Crippen LogP contribution in [0.1, 0.15) is 52.9 Å². The normalized spacial score (nSPS) is 21.6. The zero-order valence-electron chi connectivity index (χ0n) is 12.5. The molecule has 110 valence electrons. The molecule has 0 radical (unpaired) electrons. The summed E-state index contributed by atoms with van der Waals surface area (Å²) in [6.45, 7) is 7.46. The first-order chi connectivity index (χ1) is 8.94. The first-order valence-electron chi connectivity index (χ1n) is 7.64. The third-order valence-corrected chi connectivity index (χ3v) is 3.95. The number of hydrogen-bond donors (Lipinski definition) is 2. The third kappa shape index (κ3) is 5.39. The minimum atomic E-state index is -0.418. The van der Waals surface area contributed by atoms with Crippen LogP contribution >= 0.6 is 0 Å². The molecule has 2 aliphatic rings. The van der Waals surface area contributed by atoms with E-state index < -0.39 is 5.60 Å². The van der Waals surface area contributed by atoms with Gasteiger partial charge in [-0.05, 0) is 64.8 Å². The molecule has 2 N–H and O–H groups in total. The molecule has 2 rings (SSSR count). The van der Waals surface area contributed by atoms with Crippen LogP contribution in [0, 0.1) is 11.8 Å². The Morgan fingerprint density at radius 3 is 2.42 bits per heavy atom. The number of ether oxygens (including phenoxy) is 1. The first-order valence-corrected chi connectivity index (χ1v) is 7.64. The Balaban J connectivity index is 1.66. The molecule has 2 saturated carbocycles. The maximum Gasteiger partial charge on any atom is 0.407 e. The van der Waals surface area contributed by atoms with Crippen LogP contribution in [0.3, 0.4) is 0 Å². The van der Waals surface area contributed by atoms with Crippen LogP contribution in [-0.4, -0.2) is 30.8 Å². The molecule has 4 heteroatoms. The summed E-state index contributed by atoms with van der Waals surface area (Å²) >= 11 is 0. The lowest BCUT2D eigenvalue weighted by molar-refractivity contribution is 0.0520. The maximum absolute atomic E-state index is 11.7. The Labute approximate surface area is 116 Å². The van der Waals surface area contributed by atoms with Crippen LogP contribution in [0.15, 0.2) is 0 Å². The van der Waals surface area contributed by atoms with Gasteiger partial charge in [0, 0.05) is 12.6 Å². The number of carbonyl (C=O) groups is 1. The highest BCUT2D eigenvalue weighted by atomic mass is 16.6. The van der Waals surface area contributed by atoms with Gasteiger partial charge in [0.2, 0.25) is 0 Å². The molecule has 1 amide bonds. The smallest absolute Gasteiger partial charge is 0.407 e. The van der Waals surface area contributed by atoms with Gasteiger partial charge >= 0.3 is 6.09 Å². The van der Waals surface area contributed by atoms with Crippen LogP contribution in [0.25, 0.3) is 0 Å². The Bertz CT molecular complexity index is 304. The van der Waals surface area contributed by atoms with Gasteiger partial charge in [-0.25, -0.2) is 4.79 Å². The maximum atomic E-state index is 11.7. The summed E-state index contributed by atoms with van der Waals surface area (Å²) in [6, 6.07) is 0.424. The van der Waals surface area contributed by atoms with Crippen molar-refractivity contribution < 1.29 is 9.53 Å². The summed E-state index contributed by atoms with van der Waals surface area (Å²) in [5, 5.41) is 6.53. The highest BCUT2D eigenvalue weighted by molar-refractivity contribution is 5.67. The third-order valence-electron chi connectivity index (χ3n) is 3.95. The Kier molecular flexibility index (Phi) is 4.71. The van der Waals surface area contributed by atoms with E-state index in [1.807, 2.05) is 20.8 Å². The molecule has 1 atom stereocenters. The van der Waals surface area contributed by atoms with Gasteiger partial charge in [0.15, 0.2) is 0 Å². The Hall–Kier alpha value is -0.770. The van der Waals surface area contributed by atoms with Gasteiger partial charge in [-0.1, -0.05) is 6.42 Å². The zero-order chi connectivity index (χ0) is 13.9. The summed E-state index contributed by atoms with van der Waals surface area (Å²) < 4.78 is 5.27. The molecule has 19 heavy (non-hydrogen) atoms. The summed E-state index contributed by atoms with van der Waals surface area (Å²) in [6.07, 6.45) is 6.39. The zero-order valence-corrected chi connectivity index (χ0v) is 12.5. The predicted octanol–water partition coefficient (Wildman–Crippen LogP) is 2.68. The van der Waals surface area contributed by atoms with E-state index in [0.29, 0.717) is 12.6 Å². The van der Waals surface area contributed by atoms with E-state index in [2.05, 4.69) is 10.6 Å². The van der Waals surface area contributed by atoms with E-state index in [0.717, 1.165) is 18.4 Å². The molecule has 0 aromatic rings. The van der Waals surface area contributed by atoms with Crippen molar-refractivity contribution in [1.82, 2.24) is 10.6 Å². The minimum absolute atomic E-state index is 0.302. The summed E-state index contributed by atoms with van der Waals surface area (Å²) in [5.74, 6) is 1.61. The van der Waals surface area contributed by atoms with Crippen molar-refractivity contribution in [1.29, 1.82) is 0 Å². The van der Waals surface area contributed by atoms with Crippen LogP contribution < -0.4 is 10.6 Å². The molecule has 0 aromatic heterocycles. The lowest BCUT2D eigenvalue weighted by Gasteiger charge is -2.29. The van der Waals surface area contributed by atoms with Crippen molar-refractivity contribution in [2.45, 2.75) is 64.5 Å². The monoisotopic (exact) mass is 268 g/mol. The van der Waals surface area contributed by atoms with Gasteiger partial charge in [0.1, 0.15) is 5.60 Å². The fourth-order valence-electron chi connectivity index (χ4n) is 2.43. The molecule has 0 heterocycles. The lowest BCUT2D eigenvalue weighted by Crippen LogP contribution is -2.45. The van der Waals surface area contributed by atoms with Crippen molar-refractivity contribution >= 4 is 6.09 Å². The van der Waals surface area contributed by atoms with Crippen LogP contribution in [0.2, 0.25) is 0 Å². The standard InChI is InChI=1S/C15H28N2O2/c1-15(2,3)19-14(18)17-10-13(12-7-8-12)16-9-11-5-4-6-11/h11-13,16H,4-10H2,1-3H3,(H,17,18). The molecule has 4 nitrogen and oxygen atoms in total. The topological polar surface area (TPSA) is 50.4 Å². The van der Waals surface area contributed by atoms with Gasteiger partial charge in [-0.2, -0.15) is 0 Å². The van der Waals surface area contributed by atoms with E-state index in [1.165, 1.54) is 32.1 Å². The van der Waals surface area contributed by atoms with Crippen LogP contribution in [0.5, 0.6) is 0 Å². The second-order valence-corrected chi connectivity index (χ2v) is 7.03. The number of hydrogen-bond acceptors (Lipinski definition) is 3. The van der Waals surface area contributed by atoms with Crippen molar-refractivity contribution in [2.75, 3.05) is 13.1 Å². The molecule has 2 aliphatic carbocycles. The van der Waals surface area contributed by atoms with Crippen molar-refractivity contribution in [3.63, 3.8) is 0 Å². The molecular weight excluding hydrogens is 240 g/mol. The number of nitrogens with one attached hydrogen (secondary N) is 2. The number of carbonyl (C=O) groups excluding carboxylic acids is 1. The molecule has 0 bridgehead atoms. The minimum Gasteiger partial charge on any atom is -0.444 e. The Morgan fingerprint density at radius 2 is 1.95 bits per heavy atom. The van der Waals surface area contributed by atoms with Crippen molar-refractivity contribution in [3.05, 3.63) is 0 Å². The molecule has 0 spiro atoms. The average molecular weight is 268 g/mol. The quantitative estimate of drug-likeness (QED) is 0.778. The van der Waals surface area contributed by atoms with Crippen molar-refractivity contribution in [2.24, 2.45) is 11.8 Å². The fraction of sp³-hybridized carbons (Fsp3) is 0.933.